The van der Waals surface area contributed by atoms with E-state index in [2.05, 4.69) is 27.6 Å². The van der Waals surface area contributed by atoms with Crippen LogP contribution in [0.5, 0.6) is 5.75 Å². The van der Waals surface area contributed by atoms with Gasteiger partial charge in [-0.15, -0.1) is 10.2 Å². The Morgan fingerprint density at radius 3 is 2.44 bits per heavy atom. The van der Waals surface area contributed by atoms with Gasteiger partial charge in [-0.3, -0.25) is 4.79 Å². The number of aromatic nitrogens is 2. The molecule has 0 fully saturated rings. The maximum atomic E-state index is 12.0. The molecule has 0 aliphatic carbocycles. The van der Waals surface area contributed by atoms with Gasteiger partial charge in [0.05, 0.1) is 18.6 Å². The van der Waals surface area contributed by atoms with Crippen molar-refractivity contribution in [3.05, 3.63) is 72.3 Å². The minimum absolute atomic E-state index is 0.00281. The molecule has 27 heavy (non-hydrogen) atoms. The average molecular weight is 379 g/mol. The molecule has 138 valence electrons. The van der Waals surface area contributed by atoms with Crippen molar-refractivity contribution in [1.82, 2.24) is 15.5 Å². The van der Waals surface area contributed by atoms with Gasteiger partial charge < -0.3 is 10.1 Å². The molecule has 0 spiro atoms. The number of hydrogen-bond acceptors (Lipinski definition) is 5. The second-order valence-corrected chi connectivity index (χ2v) is 6.86. The molecule has 6 heteroatoms. The van der Waals surface area contributed by atoms with Gasteiger partial charge in [-0.05, 0) is 48.4 Å². The van der Waals surface area contributed by atoms with Gasteiger partial charge in [0, 0.05) is 12.1 Å². The molecule has 1 aromatic heterocycles. The molecule has 1 amide bonds. The van der Waals surface area contributed by atoms with Crippen molar-refractivity contribution >= 4 is 17.7 Å². The number of amides is 1. The van der Waals surface area contributed by atoms with Gasteiger partial charge in [-0.2, -0.15) is 0 Å². The number of rotatable bonds is 8. The highest BCUT2D eigenvalue weighted by molar-refractivity contribution is 7.99. The minimum Gasteiger partial charge on any atom is -0.497 e. The number of nitrogens with zero attached hydrogens (tertiary/aromatic N) is 2. The number of thioether (sulfide) groups is 1. The van der Waals surface area contributed by atoms with E-state index in [0.29, 0.717) is 12.3 Å². The average Bonchev–Trinajstić information content (AvgIpc) is 2.73. The van der Waals surface area contributed by atoms with Gasteiger partial charge in [0.2, 0.25) is 5.91 Å². The lowest BCUT2D eigenvalue weighted by Crippen LogP contribution is -2.27. The minimum atomic E-state index is -0.00281. The zero-order chi connectivity index (χ0) is 18.9. The molecule has 1 heterocycles. The Kier molecular flexibility index (Phi) is 6.82. The van der Waals surface area contributed by atoms with Gasteiger partial charge in [-0.25, -0.2) is 0 Å². The van der Waals surface area contributed by atoms with Crippen LogP contribution in [0, 0.1) is 0 Å². The van der Waals surface area contributed by atoms with Crippen molar-refractivity contribution in [2.24, 2.45) is 0 Å². The molecular formula is C21H21N3O2S. The summed E-state index contributed by atoms with van der Waals surface area (Å²) in [6.07, 6.45) is 0.827. The van der Waals surface area contributed by atoms with E-state index in [1.54, 1.807) is 7.11 Å². The number of carbonyl (C=O) groups excluding carboxylic acids is 1. The second kappa shape index (κ2) is 9.73. The third-order valence-corrected chi connectivity index (χ3v) is 4.88. The monoisotopic (exact) mass is 379 g/mol. The van der Waals surface area contributed by atoms with Crippen LogP contribution in [0.4, 0.5) is 0 Å². The molecule has 0 atom stereocenters. The summed E-state index contributed by atoms with van der Waals surface area (Å²) in [4.78, 5) is 12.0. The van der Waals surface area contributed by atoms with Gasteiger partial charge in [0.1, 0.15) is 10.8 Å². The quantitative estimate of drug-likeness (QED) is 0.606. The molecule has 0 aliphatic rings. The molecule has 0 saturated carbocycles. The molecule has 5 nitrogen and oxygen atoms in total. The molecule has 3 aromatic rings. The maximum Gasteiger partial charge on any atom is 0.230 e. The molecular weight excluding hydrogens is 358 g/mol. The number of ether oxygens (including phenoxy) is 1. The van der Waals surface area contributed by atoms with Crippen molar-refractivity contribution in [3.63, 3.8) is 0 Å². The van der Waals surface area contributed by atoms with Gasteiger partial charge in [0.15, 0.2) is 0 Å². The highest BCUT2D eigenvalue weighted by Gasteiger charge is 2.06. The van der Waals surface area contributed by atoms with Crippen molar-refractivity contribution in [1.29, 1.82) is 0 Å². The molecule has 1 N–H and O–H groups in total. The number of carbonyl (C=O) groups is 1. The molecule has 0 saturated heterocycles. The molecule has 0 unspecified atom stereocenters. The zero-order valence-electron chi connectivity index (χ0n) is 15.1. The third kappa shape index (κ3) is 5.82. The van der Waals surface area contributed by atoms with Crippen molar-refractivity contribution in [2.75, 3.05) is 19.4 Å². The first-order valence-corrected chi connectivity index (χ1v) is 9.65. The highest BCUT2D eigenvalue weighted by Crippen LogP contribution is 2.22. The van der Waals surface area contributed by atoms with Crippen molar-refractivity contribution < 1.29 is 9.53 Å². The molecule has 0 aliphatic heterocycles. The van der Waals surface area contributed by atoms with E-state index in [1.165, 1.54) is 17.3 Å². The lowest BCUT2D eigenvalue weighted by molar-refractivity contribution is -0.118. The van der Waals surface area contributed by atoms with E-state index in [9.17, 15) is 4.79 Å². The van der Waals surface area contributed by atoms with Crippen molar-refractivity contribution in [2.45, 2.75) is 11.4 Å². The fourth-order valence-electron chi connectivity index (χ4n) is 2.49. The van der Waals surface area contributed by atoms with Crippen molar-refractivity contribution in [3.8, 4) is 17.0 Å². The van der Waals surface area contributed by atoms with Crippen LogP contribution in [0.15, 0.2) is 71.8 Å². The Balaban J connectivity index is 1.44. The lowest BCUT2D eigenvalue weighted by atomic mass is 10.1. The number of methoxy groups -OCH3 is 1. The van der Waals surface area contributed by atoms with E-state index < -0.39 is 0 Å². The smallest absolute Gasteiger partial charge is 0.230 e. The fourth-order valence-corrected chi connectivity index (χ4v) is 3.14. The first kappa shape index (κ1) is 18.9. The summed E-state index contributed by atoms with van der Waals surface area (Å²) >= 11 is 1.38. The predicted octanol–water partition coefficient (Wildman–Crippen LogP) is 3.60. The largest absolute Gasteiger partial charge is 0.497 e. The van der Waals surface area contributed by atoms with Crippen LogP contribution >= 0.6 is 11.8 Å². The zero-order valence-corrected chi connectivity index (χ0v) is 15.9. The fraction of sp³-hybridized carbons (Fsp3) is 0.190. The third-order valence-electron chi connectivity index (χ3n) is 3.96. The predicted molar refractivity (Wildman–Crippen MR) is 108 cm³/mol. The first-order valence-electron chi connectivity index (χ1n) is 8.66. The standard InChI is InChI=1S/C21H21N3O2S/c1-26-18-9-7-17(8-10-18)19-11-12-21(24-23-19)27-15-20(25)22-14-13-16-5-3-2-4-6-16/h2-12H,13-15H2,1H3,(H,22,25). The van der Waals surface area contributed by atoms with E-state index in [-0.39, 0.29) is 5.91 Å². The van der Waals surface area contributed by atoms with E-state index in [1.807, 2.05) is 54.6 Å². The molecule has 0 radical (unpaired) electrons. The van der Waals surface area contributed by atoms with Gasteiger partial charge in [-0.1, -0.05) is 42.1 Å². The normalized spacial score (nSPS) is 10.4. The lowest BCUT2D eigenvalue weighted by Gasteiger charge is -2.06. The summed E-state index contributed by atoms with van der Waals surface area (Å²) in [5.74, 6) is 1.12. The molecule has 2 aromatic carbocycles. The maximum absolute atomic E-state index is 12.0. The molecule has 0 bridgehead atoms. The van der Waals surface area contributed by atoms with Crippen LogP contribution in [-0.2, 0) is 11.2 Å². The Morgan fingerprint density at radius 1 is 1.00 bits per heavy atom. The number of nitrogens with one attached hydrogen (secondary N) is 1. The Morgan fingerprint density at radius 2 is 1.78 bits per heavy atom. The summed E-state index contributed by atoms with van der Waals surface area (Å²) < 4.78 is 5.15. The van der Waals surface area contributed by atoms with Crippen LogP contribution < -0.4 is 10.1 Å². The van der Waals surface area contributed by atoms with Crippen LogP contribution in [0.3, 0.4) is 0 Å². The Hall–Kier alpha value is -2.86. The van der Waals surface area contributed by atoms with E-state index in [4.69, 9.17) is 4.74 Å². The summed E-state index contributed by atoms with van der Waals surface area (Å²) in [7, 11) is 1.64. The van der Waals surface area contributed by atoms with Crippen LogP contribution in [-0.4, -0.2) is 35.5 Å². The SMILES string of the molecule is COc1ccc(-c2ccc(SCC(=O)NCCc3ccccc3)nn2)cc1. The number of benzene rings is 2. The summed E-state index contributed by atoms with van der Waals surface area (Å²) in [6, 6.07) is 21.5. The highest BCUT2D eigenvalue weighted by atomic mass is 32.2. The Bertz CT molecular complexity index is 853. The van der Waals surface area contributed by atoms with E-state index >= 15 is 0 Å². The first-order chi connectivity index (χ1) is 13.2. The number of hydrogen-bond donors (Lipinski definition) is 1. The van der Waals surface area contributed by atoms with E-state index in [0.717, 1.165) is 28.5 Å². The van der Waals surface area contributed by atoms with Crippen LogP contribution in [0.2, 0.25) is 0 Å². The van der Waals surface area contributed by atoms with Crippen LogP contribution in [0.1, 0.15) is 5.56 Å². The Labute approximate surface area is 163 Å². The topological polar surface area (TPSA) is 64.1 Å². The molecule has 3 rings (SSSR count). The van der Waals surface area contributed by atoms with Gasteiger partial charge >= 0.3 is 0 Å². The second-order valence-electron chi connectivity index (χ2n) is 5.86. The van der Waals surface area contributed by atoms with Gasteiger partial charge in [0.25, 0.3) is 0 Å². The summed E-state index contributed by atoms with van der Waals surface area (Å²) in [5.41, 5.74) is 2.97. The summed E-state index contributed by atoms with van der Waals surface area (Å²) in [6.45, 7) is 0.630. The summed E-state index contributed by atoms with van der Waals surface area (Å²) in [5, 5.41) is 12.1. The van der Waals surface area contributed by atoms with Crippen LogP contribution in [0.25, 0.3) is 11.3 Å².